The quantitative estimate of drug-likeness (QED) is 0.866. The first-order chi connectivity index (χ1) is 12.8. The zero-order valence-electron chi connectivity index (χ0n) is 16.6. The minimum Gasteiger partial charge on any atom is -0.326 e. The maximum absolute atomic E-state index is 12.6. The molecule has 1 aliphatic rings. The molecule has 4 nitrogen and oxygen atoms in total. The van der Waals surface area contributed by atoms with E-state index in [9.17, 15) is 9.59 Å². The SMILES string of the molecule is CCc1ccc(N2CC(C(=O)Nc3ccc(C(C)(C)C)cc3)CC2=O)cc1. The van der Waals surface area contributed by atoms with Crippen molar-refractivity contribution >= 4 is 23.2 Å². The van der Waals surface area contributed by atoms with Crippen LogP contribution >= 0.6 is 0 Å². The highest BCUT2D eigenvalue weighted by Gasteiger charge is 2.35. The number of amides is 2. The molecule has 0 aromatic heterocycles. The van der Waals surface area contributed by atoms with Crippen molar-refractivity contribution in [3.8, 4) is 0 Å². The first-order valence-corrected chi connectivity index (χ1v) is 9.58. The van der Waals surface area contributed by atoms with Crippen molar-refractivity contribution in [2.75, 3.05) is 16.8 Å². The summed E-state index contributed by atoms with van der Waals surface area (Å²) in [7, 11) is 0. The molecule has 2 aromatic rings. The zero-order valence-corrected chi connectivity index (χ0v) is 16.6. The fraction of sp³-hybridized carbons (Fsp3) is 0.391. The molecule has 0 aliphatic carbocycles. The van der Waals surface area contributed by atoms with E-state index in [0.717, 1.165) is 17.8 Å². The Kier molecular flexibility index (Phi) is 5.36. The summed E-state index contributed by atoms with van der Waals surface area (Å²) in [5, 5.41) is 2.96. The minimum absolute atomic E-state index is 0.00230. The lowest BCUT2D eigenvalue weighted by atomic mass is 9.87. The van der Waals surface area contributed by atoms with Crippen molar-refractivity contribution in [2.45, 2.75) is 46.0 Å². The Hall–Kier alpha value is -2.62. The Morgan fingerprint density at radius 2 is 1.70 bits per heavy atom. The van der Waals surface area contributed by atoms with Gasteiger partial charge in [0.2, 0.25) is 11.8 Å². The highest BCUT2D eigenvalue weighted by atomic mass is 16.2. The largest absolute Gasteiger partial charge is 0.326 e. The number of hydrogen-bond donors (Lipinski definition) is 1. The van der Waals surface area contributed by atoms with Crippen molar-refractivity contribution in [1.82, 2.24) is 0 Å². The van der Waals surface area contributed by atoms with Crippen LogP contribution in [0.1, 0.15) is 45.2 Å². The van der Waals surface area contributed by atoms with Crippen molar-refractivity contribution in [3.05, 3.63) is 59.7 Å². The average Bonchev–Trinajstić information content (AvgIpc) is 3.03. The predicted molar refractivity (Wildman–Crippen MR) is 110 cm³/mol. The van der Waals surface area contributed by atoms with Gasteiger partial charge in [0.1, 0.15) is 0 Å². The van der Waals surface area contributed by atoms with Crippen LogP contribution in [-0.4, -0.2) is 18.4 Å². The third kappa shape index (κ3) is 4.38. The third-order valence-electron chi connectivity index (χ3n) is 5.17. The van der Waals surface area contributed by atoms with Gasteiger partial charge in [-0.25, -0.2) is 0 Å². The minimum atomic E-state index is -0.328. The summed E-state index contributed by atoms with van der Waals surface area (Å²) < 4.78 is 0. The molecule has 0 radical (unpaired) electrons. The Morgan fingerprint density at radius 1 is 1.07 bits per heavy atom. The van der Waals surface area contributed by atoms with Crippen molar-refractivity contribution in [3.63, 3.8) is 0 Å². The second-order valence-electron chi connectivity index (χ2n) is 8.24. The van der Waals surface area contributed by atoms with Gasteiger partial charge in [0.05, 0.1) is 5.92 Å². The Labute approximate surface area is 161 Å². The Balaban J connectivity index is 1.65. The molecule has 4 heteroatoms. The normalized spacial score (nSPS) is 17.3. The summed E-state index contributed by atoms with van der Waals surface area (Å²) in [6.45, 7) is 9.01. The van der Waals surface area contributed by atoms with Gasteiger partial charge >= 0.3 is 0 Å². The van der Waals surface area contributed by atoms with Crippen LogP contribution in [0.5, 0.6) is 0 Å². The van der Waals surface area contributed by atoms with Crippen LogP contribution in [-0.2, 0) is 21.4 Å². The van der Waals surface area contributed by atoms with E-state index >= 15 is 0 Å². The zero-order chi connectivity index (χ0) is 19.6. The molecule has 142 valence electrons. The molecule has 0 spiro atoms. The van der Waals surface area contributed by atoms with Crippen molar-refractivity contribution < 1.29 is 9.59 Å². The van der Waals surface area contributed by atoms with Crippen LogP contribution in [0.3, 0.4) is 0 Å². The number of nitrogens with one attached hydrogen (secondary N) is 1. The summed E-state index contributed by atoms with van der Waals surface area (Å²) in [6.07, 6.45) is 1.22. The average molecular weight is 364 g/mol. The number of anilines is 2. The molecule has 1 heterocycles. The molecular formula is C23H28N2O2. The number of carbonyl (C=O) groups excluding carboxylic acids is 2. The monoisotopic (exact) mass is 364 g/mol. The molecular weight excluding hydrogens is 336 g/mol. The first kappa shape index (κ1) is 19.2. The van der Waals surface area contributed by atoms with Crippen LogP contribution in [0.15, 0.2) is 48.5 Å². The lowest BCUT2D eigenvalue weighted by molar-refractivity contribution is -0.122. The van der Waals surface area contributed by atoms with Gasteiger partial charge in [-0.3, -0.25) is 9.59 Å². The smallest absolute Gasteiger partial charge is 0.229 e. The molecule has 1 atom stereocenters. The highest BCUT2D eigenvalue weighted by Crippen LogP contribution is 2.27. The van der Waals surface area contributed by atoms with Crippen LogP contribution < -0.4 is 10.2 Å². The highest BCUT2D eigenvalue weighted by molar-refractivity contribution is 6.03. The van der Waals surface area contributed by atoms with Crippen LogP contribution in [0.25, 0.3) is 0 Å². The molecule has 2 amide bonds. The molecule has 2 aromatic carbocycles. The second-order valence-corrected chi connectivity index (χ2v) is 8.24. The van der Waals surface area contributed by atoms with Crippen molar-refractivity contribution in [1.29, 1.82) is 0 Å². The number of rotatable bonds is 4. The molecule has 0 bridgehead atoms. The van der Waals surface area contributed by atoms with Gasteiger partial charge in [0.25, 0.3) is 0 Å². The molecule has 1 fully saturated rings. The lowest BCUT2D eigenvalue weighted by Crippen LogP contribution is -2.28. The summed E-state index contributed by atoms with van der Waals surface area (Å²) in [6, 6.07) is 15.9. The summed E-state index contributed by atoms with van der Waals surface area (Å²) in [5.41, 5.74) is 4.17. The van der Waals surface area contributed by atoms with E-state index in [0.29, 0.717) is 6.54 Å². The third-order valence-corrected chi connectivity index (χ3v) is 5.17. The van der Waals surface area contributed by atoms with Gasteiger partial charge in [-0.15, -0.1) is 0 Å². The Morgan fingerprint density at radius 3 is 2.26 bits per heavy atom. The summed E-state index contributed by atoms with van der Waals surface area (Å²) >= 11 is 0. The van der Waals surface area contributed by atoms with Gasteiger partial charge in [-0.2, -0.15) is 0 Å². The molecule has 1 saturated heterocycles. The number of carbonyl (C=O) groups is 2. The second kappa shape index (κ2) is 7.55. The standard InChI is InChI=1S/C23H28N2O2/c1-5-16-6-12-20(13-7-16)25-15-17(14-21(25)26)22(27)24-19-10-8-18(9-11-19)23(2,3)4/h6-13,17H,5,14-15H2,1-4H3,(H,24,27). The van der Waals surface area contributed by atoms with Gasteiger partial charge in [-0.05, 0) is 47.2 Å². The van der Waals surface area contributed by atoms with Gasteiger partial charge in [0.15, 0.2) is 0 Å². The number of benzene rings is 2. The summed E-state index contributed by atoms with van der Waals surface area (Å²) in [4.78, 5) is 26.7. The predicted octanol–water partition coefficient (Wildman–Crippen LogP) is 4.54. The van der Waals surface area contributed by atoms with E-state index in [1.165, 1.54) is 11.1 Å². The Bertz CT molecular complexity index is 817. The van der Waals surface area contributed by atoms with E-state index in [1.54, 1.807) is 4.90 Å². The molecule has 3 rings (SSSR count). The van der Waals surface area contributed by atoms with E-state index in [1.807, 2.05) is 48.5 Å². The molecule has 27 heavy (non-hydrogen) atoms. The lowest BCUT2D eigenvalue weighted by Gasteiger charge is -2.19. The first-order valence-electron chi connectivity index (χ1n) is 9.58. The maximum Gasteiger partial charge on any atom is 0.229 e. The molecule has 1 N–H and O–H groups in total. The molecule has 1 aliphatic heterocycles. The maximum atomic E-state index is 12.6. The van der Waals surface area contributed by atoms with E-state index in [4.69, 9.17) is 0 Å². The van der Waals surface area contributed by atoms with Gasteiger partial charge in [-0.1, -0.05) is 52.0 Å². The fourth-order valence-electron chi connectivity index (χ4n) is 3.34. The van der Waals surface area contributed by atoms with Gasteiger partial charge < -0.3 is 10.2 Å². The molecule has 0 saturated carbocycles. The van der Waals surface area contributed by atoms with Crippen molar-refractivity contribution in [2.24, 2.45) is 5.92 Å². The van der Waals surface area contributed by atoms with Crippen LogP contribution in [0, 0.1) is 5.92 Å². The van der Waals surface area contributed by atoms with Gasteiger partial charge in [0, 0.05) is 24.3 Å². The topological polar surface area (TPSA) is 49.4 Å². The summed E-state index contributed by atoms with van der Waals surface area (Å²) in [5.74, 6) is -0.423. The van der Waals surface area contributed by atoms with E-state index < -0.39 is 0 Å². The number of nitrogens with zero attached hydrogens (tertiary/aromatic N) is 1. The van der Waals surface area contributed by atoms with E-state index in [-0.39, 0.29) is 29.6 Å². The molecule has 1 unspecified atom stereocenters. The number of hydrogen-bond acceptors (Lipinski definition) is 2. The number of aryl methyl sites for hydroxylation is 1. The van der Waals surface area contributed by atoms with Crippen LogP contribution in [0.2, 0.25) is 0 Å². The van der Waals surface area contributed by atoms with Crippen LogP contribution in [0.4, 0.5) is 11.4 Å². The fourth-order valence-corrected chi connectivity index (χ4v) is 3.34. The van der Waals surface area contributed by atoms with E-state index in [2.05, 4.69) is 33.0 Å².